The number of rotatable bonds is 5. The van der Waals surface area contributed by atoms with Crippen LogP contribution in [-0.2, 0) is 13.1 Å². The molecule has 0 bridgehead atoms. The second-order valence-electron chi connectivity index (χ2n) is 5.93. The van der Waals surface area contributed by atoms with Gasteiger partial charge in [0.1, 0.15) is 18.3 Å². The van der Waals surface area contributed by atoms with Crippen LogP contribution in [0.25, 0.3) is 11.3 Å². The molecule has 0 spiro atoms. The molecule has 4 rings (SSSR count). The van der Waals surface area contributed by atoms with Crippen LogP contribution in [0.1, 0.15) is 18.6 Å². The van der Waals surface area contributed by atoms with Gasteiger partial charge in [-0.05, 0) is 19.4 Å². The smallest absolute Gasteiger partial charge is 0.151 e. The Morgan fingerprint density at radius 2 is 2.13 bits per heavy atom. The molecule has 0 saturated carbocycles. The molecule has 1 aliphatic rings. The van der Waals surface area contributed by atoms with E-state index in [1.807, 2.05) is 41.1 Å². The van der Waals surface area contributed by atoms with Crippen LogP contribution in [0.4, 0.5) is 0 Å². The molecule has 6 nitrogen and oxygen atoms in total. The topological polar surface area (TPSA) is 60.0 Å². The molecule has 23 heavy (non-hydrogen) atoms. The van der Waals surface area contributed by atoms with E-state index in [9.17, 15) is 0 Å². The Morgan fingerprint density at radius 1 is 1.22 bits per heavy atom. The van der Waals surface area contributed by atoms with Gasteiger partial charge in [0.2, 0.25) is 0 Å². The van der Waals surface area contributed by atoms with Crippen LogP contribution in [0.15, 0.2) is 53.6 Å². The lowest BCUT2D eigenvalue weighted by molar-refractivity contribution is 0.195. The third-order valence-electron chi connectivity index (χ3n) is 4.35. The standard InChI is InChI=1S/C17H19N5O/c1-2-5-14(6-3-1)17-9-16(23-20-17)11-21-8-4-7-15(21)10-22-13-18-12-19-22/h1-3,5-6,9,12-13,15H,4,7-8,10-11H2/t15-/m1/s1. The van der Waals surface area contributed by atoms with Gasteiger partial charge >= 0.3 is 0 Å². The Bertz CT molecular complexity index is 737. The first kappa shape index (κ1) is 14.1. The van der Waals surface area contributed by atoms with Crippen molar-refractivity contribution in [2.24, 2.45) is 0 Å². The van der Waals surface area contributed by atoms with Gasteiger partial charge in [0.05, 0.1) is 13.1 Å². The van der Waals surface area contributed by atoms with Gasteiger partial charge in [-0.2, -0.15) is 5.10 Å². The Labute approximate surface area is 134 Å². The summed E-state index contributed by atoms with van der Waals surface area (Å²) < 4.78 is 7.44. The molecule has 0 N–H and O–H groups in total. The molecule has 118 valence electrons. The Balaban J connectivity index is 1.44. The van der Waals surface area contributed by atoms with Gasteiger partial charge in [-0.25, -0.2) is 4.98 Å². The molecular formula is C17H19N5O. The Morgan fingerprint density at radius 3 is 2.96 bits per heavy atom. The molecule has 1 atom stereocenters. The zero-order chi connectivity index (χ0) is 15.5. The third-order valence-corrected chi connectivity index (χ3v) is 4.35. The van der Waals surface area contributed by atoms with E-state index < -0.39 is 0 Å². The molecule has 0 radical (unpaired) electrons. The lowest BCUT2D eigenvalue weighted by Crippen LogP contribution is -2.32. The van der Waals surface area contributed by atoms with Gasteiger partial charge in [0.15, 0.2) is 5.76 Å². The average molecular weight is 309 g/mol. The summed E-state index contributed by atoms with van der Waals surface area (Å²) in [6.45, 7) is 2.75. The number of nitrogens with zero attached hydrogens (tertiary/aromatic N) is 5. The molecule has 3 heterocycles. The number of benzene rings is 1. The second kappa shape index (κ2) is 6.34. The van der Waals surface area contributed by atoms with Gasteiger partial charge in [0, 0.05) is 17.7 Å². The summed E-state index contributed by atoms with van der Waals surface area (Å²) >= 11 is 0. The molecule has 0 unspecified atom stereocenters. The lowest BCUT2D eigenvalue weighted by Gasteiger charge is -2.22. The summed E-state index contributed by atoms with van der Waals surface area (Å²) in [5.74, 6) is 0.911. The SMILES string of the molecule is c1ccc(-c2cc(CN3CCC[C@@H]3Cn3cncn3)on2)cc1. The highest BCUT2D eigenvalue weighted by Crippen LogP contribution is 2.24. The van der Waals surface area contributed by atoms with Gasteiger partial charge in [-0.1, -0.05) is 35.5 Å². The number of hydrogen-bond acceptors (Lipinski definition) is 5. The zero-order valence-electron chi connectivity index (χ0n) is 12.9. The fourth-order valence-corrected chi connectivity index (χ4v) is 3.19. The van der Waals surface area contributed by atoms with Crippen molar-refractivity contribution in [2.75, 3.05) is 6.54 Å². The summed E-state index contributed by atoms with van der Waals surface area (Å²) in [4.78, 5) is 6.46. The molecule has 1 aliphatic heterocycles. The summed E-state index contributed by atoms with van der Waals surface area (Å²) in [7, 11) is 0. The quantitative estimate of drug-likeness (QED) is 0.725. The van der Waals surface area contributed by atoms with Crippen molar-refractivity contribution in [3.05, 3.63) is 54.8 Å². The molecule has 0 amide bonds. The van der Waals surface area contributed by atoms with Gasteiger partial charge in [0.25, 0.3) is 0 Å². The van der Waals surface area contributed by atoms with Crippen molar-refractivity contribution in [1.82, 2.24) is 24.8 Å². The van der Waals surface area contributed by atoms with Crippen LogP contribution in [0.3, 0.4) is 0 Å². The minimum absolute atomic E-state index is 0.474. The molecule has 2 aromatic heterocycles. The van der Waals surface area contributed by atoms with E-state index in [1.54, 1.807) is 12.7 Å². The van der Waals surface area contributed by atoms with E-state index in [4.69, 9.17) is 4.52 Å². The predicted molar refractivity (Wildman–Crippen MR) is 85.4 cm³/mol. The minimum Gasteiger partial charge on any atom is -0.359 e. The maximum Gasteiger partial charge on any atom is 0.151 e. The van der Waals surface area contributed by atoms with Gasteiger partial charge in [-0.3, -0.25) is 9.58 Å². The summed E-state index contributed by atoms with van der Waals surface area (Å²) in [6, 6.07) is 12.6. The minimum atomic E-state index is 0.474. The number of hydrogen-bond donors (Lipinski definition) is 0. The van der Waals surface area contributed by atoms with Gasteiger partial charge in [-0.15, -0.1) is 0 Å². The Kier molecular flexibility index (Phi) is 3.90. The van der Waals surface area contributed by atoms with Crippen LogP contribution < -0.4 is 0 Å². The molecule has 1 saturated heterocycles. The number of aromatic nitrogens is 4. The van der Waals surface area contributed by atoms with Crippen LogP contribution in [0.2, 0.25) is 0 Å². The first-order valence-corrected chi connectivity index (χ1v) is 7.96. The zero-order valence-corrected chi connectivity index (χ0v) is 12.9. The highest BCUT2D eigenvalue weighted by molar-refractivity contribution is 5.58. The van der Waals surface area contributed by atoms with Crippen LogP contribution in [-0.4, -0.2) is 37.4 Å². The van der Waals surface area contributed by atoms with Crippen LogP contribution in [0.5, 0.6) is 0 Å². The monoisotopic (exact) mass is 309 g/mol. The van der Waals surface area contributed by atoms with E-state index in [0.29, 0.717) is 6.04 Å². The molecule has 3 aromatic rings. The maximum absolute atomic E-state index is 5.54. The molecule has 1 aromatic carbocycles. The molecular weight excluding hydrogens is 290 g/mol. The first-order chi connectivity index (χ1) is 11.4. The van der Waals surface area contributed by atoms with Crippen molar-refractivity contribution in [2.45, 2.75) is 32.0 Å². The fraction of sp³-hybridized carbons (Fsp3) is 0.353. The second-order valence-corrected chi connectivity index (χ2v) is 5.93. The number of likely N-dealkylation sites (tertiary alicyclic amines) is 1. The third kappa shape index (κ3) is 3.17. The Hall–Kier alpha value is -2.47. The predicted octanol–water partition coefficient (Wildman–Crippen LogP) is 2.60. The molecule has 6 heteroatoms. The van der Waals surface area contributed by atoms with Crippen LogP contribution >= 0.6 is 0 Å². The van der Waals surface area contributed by atoms with Crippen molar-refractivity contribution in [1.29, 1.82) is 0 Å². The van der Waals surface area contributed by atoms with Crippen molar-refractivity contribution in [3.8, 4) is 11.3 Å². The van der Waals surface area contributed by atoms with E-state index in [-0.39, 0.29) is 0 Å². The first-order valence-electron chi connectivity index (χ1n) is 7.96. The van der Waals surface area contributed by atoms with Crippen molar-refractivity contribution in [3.63, 3.8) is 0 Å². The summed E-state index contributed by atoms with van der Waals surface area (Å²) in [5.41, 5.74) is 1.98. The van der Waals surface area contributed by atoms with E-state index in [2.05, 4.69) is 20.1 Å². The van der Waals surface area contributed by atoms with Crippen molar-refractivity contribution < 1.29 is 4.52 Å². The maximum atomic E-state index is 5.54. The molecule has 1 fully saturated rings. The van der Waals surface area contributed by atoms with E-state index in [0.717, 1.165) is 36.7 Å². The fourth-order valence-electron chi connectivity index (χ4n) is 3.19. The highest BCUT2D eigenvalue weighted by Gasteiger charge is 2.26. The van der Waals surface area contributed by atoms with E-state index >= 15 is 0 Å². The summed E-state index contributed by atoms with van der Waals surface area (Å²) in [5, 5.41) is 8.41. The van der Waals surface area contributed by atoms with Gasteiger partial charge < -0.3 is 4.52 Å². The normalized spacial score (nSPS) is 18.5. The molecule has 0 aliphatic carbocycles. The van der Waals surface area contributed by atoms with Crippen molar-refractivity contribution >= 4 is 0 Å². The lowest BCUT2D eigenvalue weighted by atomic mass is 10.1. The average Bonchev–Trinajstić information content (AvgIpc) is 3.33. The summed E-state index contributed by atoms with van der Waals surface area (Å²) in [6.07, 6.45) is 5.75. The van der Waals surface area contributed by atoms with Crippen LogP contribution in [0, 0.1) is 0 Å². The van der Waals surface area contributed by atoms with E-state index in [1.165, 1.54) is 12.8 Å². The largest absolute Gasteiger partial charge is 0.359 e. The highest BCUT2D eigenvalue weighted by atomic mass is 16.5.